The molecule has 20 heavy (non-hydrogen) atoms. The van der Waals surface area contributed by atoms with Crippen molar-refractivity contribution >= 4 is 34.1 Å². The molecule has 0 atom stereocenters. The lowest BCUT2D eigenvalue weighted by Crippen LogP contribution is -2.32. The van der Waals surface area contributed by atoms with Crippen LogP contribution >= 0.6 is 23.2 Å². The Morgan fingerprint density at radius 2 is 1.85 bits per heavy atom. The Bertz CT molecular complexity index is 687. The molecule has 0 radical (unpaired) electrons. The molecule has 0 saturated heterocycles. The highest BCUT2D eigenvalue weighted by atomic mass is 35.5. The zero-order valence-electron chi connectivity index (χ0n) is 11.8. The zero-order valence-corrected chi connectivity index (χ0v) is 13.3. The number of rotatable bonds is 1. The summed E-state index contributed by atoms with van der Waals surface area (Å²) in [5, 5.41) is 2.23. The van der Waals surface area contributed by atoms with Crippen LogP contribution in [-0.4, -0.2) is 4.98 Å². The summed E-state index contributed by atoms with van der Waals surface area (Å²) in [6.45, 7) is 4.07. The van der Waals surface area contributed by atoms with Crippen molar-refractivity contribution in [2.24, 2.45) is 5.73 Å². The Balaban J connectivity index is 2.46. The molecule has 1 aliphatic rings. The summed E-state index contributed by atoms with van der Waals surface area (Å²) in [4.78, 5) is 4.78. The highest BCUT2D eigenvalue weighted by molar-refractivity contribution is 6.38. The summed E-state index contributed by atoms with van der Waals surface area (Å²) in [5.41, 5.74) is 10.4. The van der Waals surface area contributed by atoms with Crippen LogP contribution in [0.5, 0.6) is 0 Å². The Morgan fingerprint density at radius 1 is 1.15 bits per heavy atom. The number of aryl methyl sites for hydroxylation is 1. The molecule has 0 bridgehead atoms. The van der Waals surface area contributed by atoms with Gasteiger partial charge in [-0.05, 0) is 62.8 Å². The second-order valence-electron chi connectivity index (χ2n) is 6.12. The fourth-order valence-corrected chi connectivity index (χ4v) is 3.72. The van der Waals surface area contributed by atoms with Crippen LogP contribution in [0.2, 0.25) is 10.0 Å². The van der Waals surface area contributed by atoms with Crippen molar-refractivity contribution in [3.63, 3.8) is 0 Å². The predicted octanol–water partition coefficient (Wildman–Crippen LogP) is 4.61. The summed E-state index contributed by atoms with van der Waals surface area (Å²) < 4.78 is 0. The first-order valence-corrected chi connectivity index (χ1v) is 7.73. The van der Waals surface area contributed by atoms with Crippen molar-refractivity contribution in [2.75, 3.05) is 0 Å². The summed E-state index contributed by atoms with van der Waals surface area (Å²) >= 11 is 12.5. The van der Waals surface area contributed by atoms with E-state index in [0.29, 0.717) is 10.0 Å². The second-order valence-corrected chi connectivity index (χ2v) is 6.97. The molecule has 4 heteroatoms. The molecule has 3 rings (SSSR count). The number of hydrogen-bond donors (Lipinski definition) is 1. The highest BCUT2D eigenvalue weighted by Crippen LogP contribution is 2.38. The molecule has 0 aliphatic heterocycles. The van der Waals surface area contributed by atoms with Gasteiger partial charge in [-0.25, -0.2) is 0 Å². The van der Waals surface area contributed by atoms with Gasteiger partial charge in [0, 0.05) is 21.6 Å². The summed E-state index contributed by atoms with van der Waals surface area (Å²) in [7, 11) is 0. The SMILES string of the molecule is CC(C)(N)c1c2c(nc3c(Cl)cc(Cl)cc13)CCCC2. The standard InChI is InChI=1S/C16H18Cl2N2/c1-16(2,19)14-10-5-3-4-6-13(10)20-15-11(14)7-9(17)8-12(15)18/h7-8H,3-6,19H2,1-2H3. The minimum absolute atomic E-state index is 0.434. The average Bonchev–Trinajstić information content (AvgIpc) is 2.35. The number of halogens is 2. The van der Waals surface area contributed by atoms with Crippen LogP contribution in [0.15, 0.2) is 12.1 Å². The molecule has 1 aliphatic carbocycles. The van der Waals surface area contributed by atoms with Crippen LogP contribution in [0.4, 0.5) is 0 Å². The third-order valence-electron chi connectivity index (χ3n) is 3.93. The fourth-order valence-electron chi connectivity index (χ4n) is 3.19. The van der Waals surface area contributed by atoms with Gasteiger partial charge in [0.2, 0.25) is 0 Å². The van der Waals surface area contributed by atoms with Gasteiger partial charge in [0.15, 0.2) is 0 Å². The molecule has 0 fully saturated rings. The molecule has 2 nitrogen and oxygen atoms in total. The molecule has 0 amide bonds. The van der Waals surface area contributed by atoms with Gasteiger partial charge in [0.25, 0.3) is 0 Å². The van der Waals surface area contributed by atoms with Crippen LogP contribution in [0.25, 0.3) is 10.9 Å². The number of nitrogens with zero attached hydrogens (tertiary/aromatic N) is 1. The highest BCUT2D eigenvalue weighted by Gasteiger charge is 2.27. The summed E-state index contributed by atoms with van der Waals surface area (Å²) in [5.74, 6) is 0. The van der Waals surface area contributed by atoms with Crippen LogP contribution in [0, 0.1) is 0 Å². The molecule has 2 N–H and O–H groups in total. The molecular weight excluding hydrogens is 291 g/mol. The quantitative estimate of drug-likeness (QED) is 0.835. The van der Waals surface area contributed by atoms with Crippen LogP contribution in [0.3, 0.4) is 0 Å². The third kappa shape index (κ3) is 2.30. The molecule has 0 spiro atoms. The molecule has 1 aromatic carbocycles. The van der Waals surface area contributed by atoms with Crippen LogP contribution in [-0.2, 0) is 18.4 Å². The van der Waals surface area contributed by atoms with E-state index in [9.17, 15) is 0 Å². The number of hydrogen-bond acceptors (Lipinski definition) is 2. The fraction of sp³-hybridized carbons (Fsp3) is 0.438. The van der Waals surface area contributed by atoms with E-state index in [1.54, 1.807) is 6.07 Å². The lowest BCUT2D eigenvalue weighted by atomic mass is 9.82. The molecule has 0 saturated carbocycles. The van der Waals surface area contributed by atoms with Crippen molar-refractivity contribution in [3.8, 4) is 0 Å². The van der Waals surface area contributed by atoms with Crippen molar-refractivity contribution in [2.45, 2.75) is 45.1 Å². The van der Waals surface area contributed by atoms with E-state index in [0.717, 1.165) is 35.0 Å². The Kier molecular flexibility index (Phi) is 3.44. The number of benzene rings is 1. The Labute approximate surface area is 129 Å². The van der Waals surface area contributed by atoms with Gasteiger partial charge in [-0.1, -0.05) is 23.2 Å². The maximum atomic E-state index is 6.43. The monoisotopic (exact) mass is 308 g/mol. The van der Waals surface area contributed by atoms with Gasteiger partial charge >= 0.3 is 0 Å². The average molecular weight is 309 g/mol. The smallest absolute Gasteiger partial charge is 0.0896 e. The van der Waals surface area contributed by atoms with E-state index in [1.165, 1.54) is 18.4 Å². The lowest BCUT2D eigenvalue weighted by molar-refractivity contribution is 0.541. The number of pyridine rings is 1. The minimum Gasteiger partial charge on any atom is -0.322 e. The third-order valence-corrected chi connectivity index (χ3v) is 4.44. The molecule has 106 valence electrons. The van der Waals surface area contributed by atoms with E-state index in [4.69, 9.17) is 33.9 Å². The van der Waals surface area contributed by atoms with Crippen molar-refractivity contribution < 1.29 is 0 Å². The van der Waals surface area contributed by atoms with Gasteiger partial charge in [-0.2, -0.15) is 0 Å². The van der Waals surface area contributed by atoms with Gasteiger partial charge < -0.3 is 5.73 Å². The van der Waals surface area contributed by atoms with E-state index < -0.39 is 5.54 Å². The van der Waals surface area contributed by atoms with Gasteiger partial charge in [-0.15, -0.1) is 0 Å². The van der Waals surface area contributed by atoms with E-state index in [2.05, 4.69) is 0 Å². The molecule has 1 aromatic heterocycles. The van der Waals surface area contributed by atoms with Crippen molar-refractivity contribution in [1.29, 1.82) is 0 Å². The summed E-state index contributed by atoms with van der Waals surface area (Å²) in [6, 6.07) is 3.69. The van der Waals surface area contributed by atoms with Crippen LogP contribution < -0.4 is 5.73 Å². The van der Waals surface area contributed by atoms with E-state index >= 15 is 0 Å². The normalized spacial score (nSPS) is 15.4. The number of aromatic nitrogens is 1. The maximum Gasteiger partial charge on any atom is 0.0896 e. The lowest BCUT2D eigenvalue weighted by Gasteiger charge is -2.29. The molecular formula is C16H18Cl2N2. The van der Waals surface area contributed by atoms with E-state index in [-0.39, 0.29) is 0 Å². The Morgan fingerprint density at radius 3 is 2.55 bits per heavy atom. The van der Waals surface area contributed by atoms with Gasteiger partial charge in [-0.3, -0.25) is 4.98 Å². The maximum absolute atomic E-state index is 6.43. The first-order valence-electron chi connectivity index (χ1n) is 6.98. The summed E-state index contributed by atoms with van der Waals surface area (Å²) in [6.07, 6.45) is 4.42. The van der Waals surface area contributed by atoms with Crippen molar-refractivity contribution in [3.05, 3.63) is 39.0 Å². The Hall–Kier alpha value is -0.830. The van der Waals surface area contributed by atoms with Gasteiger partial charge in [0.1, 0.15) is 0 Å². The number of fused-ring (bicyclic) bond motifs is 2. The minimum atomic E-state index is -0.434. The predicted molar refractivity (Wildman–Crippen MR) is 85.6 cm³/mol. The van der Waals surface area contributed by atoms with Gasteiger partial charge in [0.05, 0.1) is 10.5 Å². The molecule has 0 unspecified atom stereocenters. The van der Waals surface area contributed by atoms with E-state index in [1.807, 2.05) is 19.9 Å². The first-order chi connectivity index (χ1) is 9.38. The van der Waals surface area contributed by atoms with Crippen LogP contribution in [0.1, 0.15) is 43.5 Å². The topological polar surface area (TPSA) is 38.9 Å². The second kappa shape index (κ2) is 4.87. The van der Waals surface area contributed by atoms with Crippen molar-refractivity contribution in [1.82, 2.24) is 4.98 Å². The molecule has 1 heterocycles. The largest absolute Gasteiger partial charge is 0.322 e. The number of nitrogens with two attached hydrogens (primary N) is 1. The first kappa shape index (κ1) is 14.1. The molecule has 2 aromatic rings. The zero-order chi connectivity index (χ0) is 14.5.